The summed E-state index contributed by atoms with van der Waals surface area (Å²) in [6.07, 6.45) is 2.90. The lowest BCUT2D eigenvalue weighted by Gasteiger charge is -2.29. The molecule has 1 aliphatic heterocycles. The smallest absolute Gasteiger partial charge is 0.238 e. The standard InChI is InChI=1S/C13H20N4O2/c1-9-13(10(2)16-15-9)14-12(19)7-17-5-3-4-11(6-17)8-18/h8,11H,3-7H2,1-2H3,(H,14,19)(H,15,16). The number of nitrogens with one attached hydrogen (secondary N) is 2. The van der Waals surface area contributed by atoms with Crippen LogP contribution in [0.5, 0.6) is 0 Å². The number of aryl methyl sites for hydroxylation is 2. The Balaban J connectivity index is 1.89. The van der Waals surface area contributed by atoms with E-state index in [9.17, 15) is 9.59 Å². The summed E-state index contributed by atoms with van der Waals surface area (Å²) in [6.45, 7) is 5.61. The van der Waals surface area contributed by atoms with Crippen LogP contribution >= 0.6 is 0 Å². The lowest BCUT2D eigenvalue weighted by Crippen LogP contribution is -2.40. The number of nitrogens with zero attached hydrogens (tertiary/aromatic N) is 2. The maximum Gasteiger partial charge on any atom is 0.238 e. The number of H-pyrrole nitrogens is 1. The van der Waals surface area contributed by atoms with Gasteiger partial charge in [0.15, 0.2) is 0 Å². The molecule has 19 heavy (non-hydrogen) atoms. The van der Waals surface area contributed by atoms with E-state index in [0.717, 1.165) is 42.7 Å². The minimum absolute atomic E-state index is 0.0563. The van der Waals surface area contributed by atoms with E-state index in [1.54, 1.807) is 0 Å². The molecule has 1 amide bonds. The number of aromatic nitrogens is 2. The number of carbonyl (C=O) groups excluding carboxylic acids is 2. The second-order valence-electron chi connectivity index (χ2n) is 5.13. The molecule has 1 fully saturated rings. The number of hydrogen-bond donors (Lipinski definition) is 2. The van der Waals surface area contributed by atoms with Crippen molar-refractivity contribution in [1.82, 2.24) is 15.1 Å². The molecule has 104 valence electrons. The predicted octanol–water partition coefficient (Wildman–Crippen LogP) is 0.876. The van der Waals surface area contributed by atoms with Crippen molar-refractivity contribution in [2.24, 2.45) is 5.92 Å². The van der Waals surface area contributed by atoms with E-state index in [0.29, 0.717) is 13.1 Å². The van der Waals surface area contributed by atoms with E-state index in [-0.39, 0.29) is 11.8 Å². The van der Waals surface area contributed by atoms with Crippen LogP contribution in [-0.2, 0) is 9.59 Å². The average Bonchev–Trinajstić information content (AvgIpc) is 2.71. The van der Waals surface area contributed by atoms with Crippen LogP contribution in [0.3, 0.4) is 0 Å². The number of carbonyl (C=O) groups is 2. The van der Waals surface area contributed by atoms with Crippen molar-refractivity contribution in [2.75, 3.05) is 25.0 Å². The number of anilines is 1. The van der Waals surface area contributed by atoms with Crippen LogP contribution in [0.15, 0.2) is 0 Å². The van der Waals surface area contributed by atoms with Crippen molar-refractivity contribution in [3.63, 3.8) is 0 Å². The van der Waals surface area contributed by atoms with Gasteiger partial charge in [-0.05, 0) is 33.2 Å². The van der Waals surface area contributed by atoms with Crippen molar-refractivity contribution in [2.45, 2.75) is 26.7 Å². The molecule has 1 atom stereocenters. The largest absolute Gasteiger partial charge is 0.322 e. The summed E-state index contributed by atoms with van der Waals surface area (Å²) in [4.78, 5) is 24.8. The van der Waals surface area contributed by atoms with Crippen LogP contribution in [-0.4, -0.2) is 46.9 Å². The van der Waals surface area contributed by atoms with Gasteiger partial charge in [-0.2, -0.15) is 5.10 Å². The van der Waals surface area contributed by atoms with Gasteiger partial charge >= 0.3 is 0 Å². The normalized spacial score (nSPS) is 20.2. The van der Waals surface area contributed by atoms with Crippen molar-refractivity contribution in [3.8, 4) is 0 Å². The maximum absolute atomic E-state index is 12.0. The number of piperidine rings is 1. The second kappa shape index (κ2) is 5.97. The van der Waals surface area contributed by atoms with Crippen LogP contribution in [0, 0.1) is 19.8 Å². The van der Waals surface area contributed by atoms with Gasteiger partial charge in [-0.1, -0.05) is 0 Å². The van der Waals surface area contributed by atoms with E-state index in [2.05, 4.69) is 15.5 Å². The summed E-state index contributed by atoms with van der Waals surface area (Å²) in [5.74, 6) is 0.0121. The zero-order chi connectivity index (χ0) is 13.8. The van der Waals surface area contributed by atoms with Gasteiger partial charge in [0.1, 0.15) is 6.29 Å². The van der Waals surface area contributed by atoms with Gasteiger partial charge in [-0.15, -0.1) is 0 Å². The van der Waals surface area contributed by atoms with Gasteiger partial charge in [0.2, 0.25) is 5.91 Å². The Hall–Kier alpha value is -1.69. The fourth-order valence-electron chi connectivity index (χ4n) is 2.46. The van der Waals surface area contributed by atoms with E-state index < -0.39 is 0 Å². The molecule has 1 aliphatic rings. The van der Waals surface area contributed by atoms with E-state index in [1.807, 2.05) is 18.7 Å². The zero-order valence-corrected chi connectivity index (χ0v) is 11.4. The molecule has 2 rings (SSSR count). The van der Waals surface area contributed by atoms with Gasteiger partial charge in [-0.3, -0.25) is 14.8 Å². The minimum atomic E-state index is -0.0563. The molecule has 0 radical (unpaired) electrons. The van der Waals surface area contributed by atoms with E-state index >= 15 is 0 Å². The molecule has 1 aromatic rings. The van der Waals surface area contributed by atoms with Crippen LogP contribution in [0.25, 0.3) is 0 Å². The van der Waals surface area contributed by atoms with E-state index in [4.69, 9.17) is 0 Å². The monoisotopic (exact) mass is 264 g/mol. The number of amides is 1. The summed E-state index contributed by atoms with van der Waals surface area (Å²) in [5, 5.41) is 9.76. The third-order valence-electron chi connectivity index (χ3n) is 3.49. The average molecular weight is 264 g/mol. The highest BCUT2D eigenvalue weighted by molar-refractivity contribution is 5.93. The first-order valence-corrected chi connectivity index (χ1v) is 6.59. The Labute approximate surface area is 112 Å². The number of rotatable bonds is 4. The number of hydrogen-bond acceptors (Lipinski definition) is 4. The topological polar surface area (TPSA) is 78.1 Å². The maximum atomic E-state index is 12.0. The van der Waals surface area contributed by atoms with Crippen molar-refractivity contribution in [1.29, 1.82) is 0 Å². The molecule has 0 saturated carbocycles. The highest BCUT2D eigenvalue weighted by atomic mass is 16.2. The molecule has 0 bridgehead atoms. The summed E-state index contributed by atoms with van der Waals surface area (Å²) in [5.41, 5.74) is 2.40. The summed E-state index contributed by atoms with van der Waals surface area (Å²) >= 11 is 0. The first-order valence-electron chi connectivity index (χ1n) is 6.59. The zero-order valence-electron chi connectivity index (χ0n) is 11.4. The highest BCUT2D eigenvalue weighted by Crippen LogP contribution is 2.17. The third-order valence-corrected chi connectivity index (χ3v) is 3.49. The molecule has 1 unspecified atom stereocenters. The molecule has 0 aliphatic carbocycles. The first-order chi connectivity index (χ1) is 9.10. The Morgan fingerprint density at radius 3 is 3.00 bits per heavy atom. The molecule has 0 aromatic carbocycles. The van der Waals surface area contributed by atoms with Crippen LogP contribution in [0.1, 0.15) is 24.2 Å². The van der Waals surface area contributed by atoms with Crippen LogP contribution in [0.2, 0.25) is 0 Å². The second-order valence-corrected chi connectivity index (χ2v) is 5.13. The van der Waals surface area contributed by atoms with Gasteiger partial charge in [0.25, 0.3) is 0 Å². The lowest BCUT2D eigenvalue weighted by molar-refractivity contribution is -0.119. The quantitative estimate of drug-likeness (QED) is 0.791. The van der Waals surface area contributed by atoms with Crippen LogP contribution < -0.4 is 5.32 Å². The van der Waals surface area contributed by atoms with Crippen molar-refractivity contribution in [3.05, 3.63) is 11.4 Å². The molecular formula is C13H20N4O2. The Bertz CT molecular complexity index is 450. The highest BCUT2D eigenvalue weighted by Gasteiger charge is 2.21. The number of aldehydes is 1. The van der Waals surface area contributed by atoms with Crippen LogP contribution in [0.4, 0.5) is 5.69 Å². The van der Waals surface area contributed by atoms with Gasteiger partial charge < -0.3 is 10.1 Å². The van der Waals surface area contributed by atoms with Gasteiger partial charge in [0.05, 0.1) is 23.6 Å². The minimum Gasteiger partial charge on any atom is -0.322 e. The lowest BCUT2D eigenvalue weighted by atomic mass is 10.00. The van der Waals surface area contributed by atoms with E-state index in [1.165, 1.54) is 0 Å². The molecule has 2 N–H and O–H groups in total. The summed E-state index contributed by atoms with van der Waals surface area (Å²) < 4.78 is 0. The van der Waals surface area contributed by atoms with Gasteiger partial charge in [0, 0.05) is 12.5 Å². The number of likely N-dealkylation sites (tertiary alicyclic amines) is 1. The van der Waals surface area contributed by atoms with Gasteiger partial charge in [-0.25, -0.2) is 0 Å². The van der Waals surface area contributed by atoms with Crippen molar-refractivity contribution < 1.29 is 9.59 Å². The number of aromatic amines is 1. The molecule has 2 heterocycles. The summed E-state index contributed by atoms with van der Waals surface area (Å²) in [6, 6.07) is 0. The Morgan fingerprint density at radius 2 is 2.37 bits per heavy atom. The molecule has 1 aromatic heterocycles. The fraction of sp³-hybridized carbons (Fsp3) is 0.615. The SMILES string of the molecule is Cc1n[nH]c(C)c1NC(=O)CN1CCCC(C=O)C1. The Kier molecular flexibility index (Phi) is 4.31. The summed E-state index contributed by atoms with van der Waals surface area (Å²) in [7, 11) is 0. The predicted molar refractivity (Wildman–Crippen MR) is 71.9 cm³/mol. The Morgan fingerprint density at radius 1 is 1.58 bits per heavy atom. The fourth-order valence-corrected chi connectivity index (χ4v) is 2.46. The molecular weight excluding hydrogens is 244 g/mol. The molecule has 0 spiro atoms. The molecule has 1 saturated heterocycles. The molecule has 6 nitrogen and oxygen atoms in total. The third kappa shape index (κ3) is 3.41. The molecule has 6 heteroatoms. The first kappa shape index (κ1) is 13.7. The van der Waals surface area contributed by atoms with Crippen molar-refractivity contribution >= 4 is 17.9 Å².